The van der Waals surface area contributed by atoms with Crippen LogP contribution >= 0.6 is 0 Å². The first kappa shape index (κ1) is 18.9. The van der Waals surface area contributed by atoms with Crippen LogP contribution in [-0.2, 0) is 4.79 Å². The highest BCUT2D eigenvalue weighted by atomic mass is 19.1. The number of rotatable bonds is 2. The van der Waals surface area contributed by atoms with Crippen LogP contribution in [0, 0.1) is 11.6 Å². The van der Waals surface area contributed by atoms with Gasteiger partial charge in [0.1, 0.15) is 17.7 Å². The summed E-state index contributed by atoms with van der Waals surface area (Å²) < 4.78 is 27.3. The molecule has 2 bridgehead atoms. The number of carbonyl (C=O) groups is 3. The minimum Gasteiger partial charge on any atom is -0.331 e. The Kier molecular flexibility index (Phi) is 3.90. The molecule has 0 spiro atoms. The molecule has 0 N–H and O–H groups in total. The fourth-order valence-electron chi connectivity index (χ4n) is 5.36. The number of benzene rings is 3. The number of anilines is 1. The number of halogens is 2. The molecule has 3 heterocycles. The van der Waals surface area contributed by atoms with Crippen molar-refractivity contribution in [3.05, 3.63) is 77.9 Å². The largest absolute Gasteiger partial charge is 0.332 e. The van der Waals surface area contributed by atoms with Crippen molar-refractivity contribution < 1.29 is 23.2 Å². The predicted molar refractivity (Wildman–Crippen MR) is 112 cm³/mol. The van der Waals surface area contributed by atoms with E-state index in [0.717, 1.165) is 22.9 Å². The lowest BCUT2D eigenvalue weighted by atomic mass is 10.1. The Morgan fingerprint density at radius 3 is 2.44 bits per heavy atom. The van der Waals surface area contributed by atoms with Gasteiger partial charge in [-0.1, -0.05) is 36.4 Å². The highest BCUT2D eigenvalue weighted by Gasteiger charge is 2.63. The third kappa shape index (κ3) is 2.52. The Balaban J connectivity index is 1.35. The minimum absolute atomic E-state index is 0.107. The van der Waals surface area contributed by atoms with E-state index in [2.05, 4.69) is 0 Å². The van der Waals surface area contributed by atoms with E-state index in [-0.39, 0.29) is 24.1 Å². The fraction of sp³-hybridized carbons (Fsp3) is 0.208. The molecule has 8 heteroatoms. The smallest absolute Gasteiger partial charge is 0.331 e. The van der Waals surface area contributed by atoms with Crippen molar-refractivity contribution in [3.8, 4) is 0 Å². The van der Waals surface area contributed by atoms with E-state index in [1.807, 2.05) is 30.3 Å². The summed E-state index contributed by atoms with van der Waals surface area (Å²) >= 11 is 0. The van der Waals surface area contributed by atoms with E-state index in [0.29, 0.717) is 18.2 Å². The van der Waals surface area contributed by atoms with Crippen molar-refractivity contribution >= 4 is 34.3 Å². The van der Waals surface area contributed by atoms with Gasteiger partial charge in [0, 0.05) is 23.6 Å². The summed E-state index contributed by atoms with van der Waals surface area (Å²) in [6.45, 7) is 0.223. The Morgan fingerprint density at radius 1 is 0.938 bits per heavy atom. The van der Waals surface area contributed by atoms with Gasteiger partial charge in [-0.3, -0.25) is 9.59 Å². The van der Waals surface area contributed by atoms with Gasteiger partial charge in [0.2, 0.25) is 0 Å². The summed E-state index contributed by atoms with van der Waals surface area (Å²) in [5, 5.41) is 1.69. The third-order valence-electron chi connectivity index (χ3n) is 6.64. The molecule has 6 nitrogen and oxygen atoms in total. The number of likely N-dealkylation sites (tertiary alicyclic amines) is 1. The number of piperazine rings is 1. The second kappa shape index (κ2) is 6.59. The van der Waals surface area contributed by atoms with Gasteiger partial charge < -0.3 is 9.80 Å². The van der Waals surface area contributed by atoms with Gasteiger partial charge in [-0.25, -0.2) is 18.5 Å². The zero-order chi connectivity index (χ0) is 22.1. The molecule has 3 aliphatic heterocycles. The van der Waals surface area contributed by atoms with Gasteiger partial charge >= 0.3 is 6.03 Å². The molecule has 0 aromatic heterocycles. The second-order valence-electron chi connectivity index (χ2n) is 8.38. The van der Waals surface area contributed by atoms with Crippen LogP contribution in [0.3, 0.4) is 0 Å². The maximum atomic E-state index is 13.6. The predicted octanol–water partition coefficient (Wildman–Crippen LogP) is 3.55. The van der Waals surface area contributed by atoms with Gasteiger partial charge in [0.05, 0.1) is 17.8 Å². The van der Waals surface area contributed by atoms with E-state index in [4.69, 9.17) is 0 Å². The van der Waals surface area contributed by atoms with Crippen molar-refractivity contribution in [2.45, 2.75) is 24.5 Å². The molecular weight excluding hydrogens is 416 g/mol. The summed E-state index contributed by atoms with van der Waals surface area (Å²) in [6.07, 6.45) is 0.467. The lowest BCUT2D eigenvalue weighted by molar-refractivity contribution is -0.121. The molecule has 3 aromatic carbocycles. The van der Waals surface area contributed by atoms with Crippen molar-refractivity contribution in [2.75, 3.05) is 11.4 Å². The Labute approximate surface area is 181 Å². The van der Waals surface area contributed by atoms with Crippen molar-refractivity contribution in [1.29, 1.82) is 0 Å². The van der Waals surface area contributed by atoms with E-state index in [1.165, 1.54) is 9.80 Å². The Hall–Kier alpha value is -3.81. The first-order chi connectivity index (χ1) is 15.4. The number of imide groups is 1. The monoisotopic (exact) mass is 433 g/mol. The van der Waals surface area contributed by atoms with Crippen molar-refractivity contribution in [1.82, 2.24) is 9.80 Å². The Morgan fingerprint density at radius 2 is 1.66 bits per heavy atom. The molecule has 3 fully saturated rings. The van der Waals surface area contributed by atoms with E-state index >= 15 is 0 Å². The van der Waals surface area contributed by atoms with Crippen molar-refractivity contribution in [3.63, 3.8) is 0 Å². The van der Waals surface area contributed by atoms with Crippen LogP contribution in [0.25, 0.3) is 10.8 Å². The van der Waals surface area contributed by atoms with Crippen LogP contribution in [0.2, 0.25) is 0 Å². The van der Waals surface area contributed by atoms with E-state index < -0.39 is 35.7 Å². The molecule has 0 saturated carbocycles. The SMILES string of the molecule is O=C1C2C3C[C@H](CN3C(=O)c3cc(F)cc(F)c3)N2C(=O)N1c1cccc2ccccc12. The number of fused-ring (bicyclic) bond motifs is 6. The van der Waals surface area contributed by atoms with Gasteiger partial charge in [-0.2, -0.15) is 0 Å². The van der Waals surface area contributed by atoms with Gasteiger partial charge in [-0.05, 0) is 30.0 Å². The van der Waals surface area contributed by atoms with Crippen LogP contribution in [0.15, 0.2) is 60.7 Å². The minimum atomic E-state index is -0.839. The number of amides is 4. The molecule has 3 aliphatic rings. The van der Waals surface area contributed by atoms with Gasteiger partial charge in [-0.15, -0.1) is 0 Å². The van der Waals surface area contributed by atoms with Gasteiger partial charge in [0.15, 0.2) is 0 Å². The number of carbonyl (C=O) groups excluding carboxylic acids is 3. The van der Waals surface area contributed by atoms with Crippen LogP contribution in [0.1, 0.15) is 16.8 Å². The average Bonchev–Trinajstić information content (AvgIpc) is 3.44. The van der Waals surface area contributed by atoms with Crippen LogP contribution < -0.4 is 4.90 Å². The maximum absolute atomic E-state index is 13.6. The number of hydrogen-bond donors (Lipinski definition) is 0. The van der Waals surface area contributed by atoms with E-state index in [9.17, 15) is 23.2 Å². The molecule has 0 aliphatic carbocycles. The molecule has 32 heavy (non-hydrogen) atoms. The fourth-order valence-corrected chi connectivity index (χ4v) is 5.36. The van der Waals surface area contributed by atoms with Crippen molar-refractivity contribution in [2.24, 2.45) is 0 Å². The van der Waals surface area contributed by atoms with Crippen LogP contribution in [0.5, 0.6) is 0 Å². The lowest BCUT2D eigenvalue weighted by Gasteiger charge is -2.34. The first-order valence-electron chi connectivity index (χ1n) is 10.3. The van der Waals surface area contributed by atoms with Gasteiger partial charge in [0.25, 0.3) is 11.8 Å². The topological polar surface area (TPSA) is 60.9 Å². The highest BCUT2D eigenvalue weighted by molar-refractivity contribution is 6.25. The summed E-state index contributed by atoms with van der Waals surface area (Å²) in [5.41, 5.74) is 0.404. The Bertz CT molecular complexity index is 1300. The standard InChI is InChI=1S/C24H17F2N3O3/c25-15-8-14(9-16(26)10-15)22(30)27-12-17-11-20(27)21-23(31)29(24(32)28(17)21)19-7-3-5-13-4-1-2-6-18(13)19/h1-10,17,20-21H,11-12H2/t17-,20?,21?/m1/s1. The zero-order valence-corrected chi connectivity index (χ0v) is 16.7. The van der Waals surface area contributed by atoms with Crippen LogP contribution in [-0.4, -0.2) is 52.3 Å². The number of hydrogen-bond acceptors (Lipinski definition) is 3. The summed E-state index contributed by atoms with van der Waals surface area (Å²) in [6, 6.07) is 13.6. The molecule has 2 unspecified atom stereocenters. The lowest BCUT2D eigenvalue weighted by Crippen LogP contribution is -2.54. The normalized spacial score (nSPS) is 24.1. The first-order valence-corrected chi connectivity index (χ1v) is 10.3. The molecule has 0 radical (unpaired) electrons. The molecule has 4 amide bonds. The third-order valence-corrected chi connectivity index (χ3v) is 6.64. The van der Waals surface area contributed by atoms with E-state index in [1.54, 1.807) is 17.0 Å². The summed E-state index contributed by atoms with van der Waals surface area (Å²) in [7, 11) is 0. The molecule has 3 aromatic rings. The summed E-state index contributed by atoms with van der Waals surface area (Å²) in [5.74, 6) is -2.61. The molecule has 160 valence electrons. The average molecular weight is 433 g/mol. The molecule has 6 rings (SSSR count). The quantitative estimate of drug-likeness (QED) is 0.581. The second-order valence-corrected chi connectivity index (χ2v) is 8.38. The molecule has 3 atom stereocenters. The maximum Gasteiger partial charge on any atom is 0.332 e. The summed E-state index contributed by atoms with van der Waals surface area (Å²) in [4.78, 5) is 44.0. The number of urea groups is 1. The molecule has 3 saturated heterocycles. The highest BCUT2D eigenvalue weighted by Crippen LogP contribution is 2.43. The molecular formula is C24H17F2N3O3. The van der Waals surface area contributed by atoms with Crippen LogP contribution in [0.4, 0.5) is 19.3 Å². The zero-order valence-electron chi connectivity index (χ0n) is 16.7. The number of nitrogens with zero attached hydrogens (tertiary/aromatic N) is 3.